The second-order valence-electron chi connectivity index (χ2n) is 2.73. The van der Waals surface area contributed by atoms with Crippen LogP contribution in [0, 0.1) is 0 Å². The molecule has 0 saturated carbocycles. The van der Waals surface area contributed by atoms with Gasteiger partial charge in [-0.3, -0.25) is 0 Å². The van der Waals surface area contributed by atoms with Gasteiger partial charge in [0, 0.05) is 12.8 Å². The van der Waals surface area contributed by atoms with E-state index in [0.717, 1.165) is 6.42 Å². The summed E-state index contributed by atoms with van der Waals surface area (Å²) in [6.45, 7) is 3.68. The maximum absolute atomic E-state index is 12.7. The van der Waals surface area contributed by atoms with Gasteiger partial charge in [-0.15, -0.1) is 0 Å². The van der Waals surface area contributed by atoms with Crippen molar-refractivity contribution in [1.82, 2.24) is 0 Å². The highest BCUT2D eigenvalue weighted by atomic mass is 19.3. The highest BCUT2D eigenvalue weighted by Gasteiger charge is 2.25. The van der Waals surface area contributed by atoms with Crippen molar-refractivity contribution in [3.63, 3.8) is 0 Å². The van der Waals surface area contributed by atoms with Gasteiger partial charge in [0.15, 0.2) is 0 Å². The molecule has 0 fully saturated rings. The summed E-state index contributed by atoms with van der Waals surface area (Å²) in [6, 6.07) is 0. The second kappa shape index (κ2) is 5.28. The van der Waals surface area contributed by atoms with Gasteiger partial charge < -0.3 is 0 Å². The van der Waals surface area contributed by atoms with Crippen molar-refractivity contribution in [2.24, 2.45) is 0 Å². The number of hydrogen-bond acceptors (Lipinski definition) is 0. The first-order chi connectivity index (χ1) is 5.12. The van der Waals surface area contributed by atoms with Crippen molar-refractivity contribution in [2.45, 2.75) is 45.5 Å². The van der Waals surface area contributed by atoms with Gasteiger partial charge in [-0.2, -0.15) is 0 Å². The smallest absolute Gasteiger partial charge is 0.207 e. The number of alkyl halides is 2. The van der Waals surface area contributed by atoms with E-state index in [2.05, 4.69) is 0 Å². The van der Waals surface area contributed by atoms with Crippen LogP contribution in [0.15, 0.2) is 12.2 Å². The quantitative estimate of drug-likeness (QED) is 0.540. The Morgan fingerprint density at radius 3 is 2.45 bits per heavy atom. The molecule has 0 rings (SSSR count). The molecular formula is C9H16F2. The topological polar surface area (TPSA) is 0 Å². The van der Waals surface area contributed by atoms with Crippen LogP contribution in [0.1, 0.15) is 39.5 Å². The van der Waals surface area contributed by atoms with E-state index in [1.807, 2.05) is 6.92 Å². The Morgan fingerprint density at radius 1 is 1.36 bits per heavy atom. The Kier molecular flexibility index (Phi) is 5.08. The monoisotopic (exact) mass is 162 g/mol. The summed E-state index contributed by atoms with van der Waals surface area (Å²) < 4.78 is 25.5. The minimum absolute atomic E-state index is 0.0217. The number of hydrogen-bond donors (Lipinski definition) is 0. The van der Waals surface area contributed by atoms with E-state index >= 15 is 0 Å². The van der Waals surface area contributed by atoms with Gasteiger partial charge in [-0.25, -0.2) is 8.78 Å². The van der Waals surface area contributed by atoms with E-state index < -0.39 is 5.92 Å². The van der Waals surface area contributed by atoms with Crippen LogP contribution < -0.4 is 0 Å². The summed E-state index contributed by atoms with van der Waals surface area (Å²) in [6.07, 6.45) is 4.56. The molecule has 0 nitrogen and oxygen atoms in total. The number of halogens is 2. The lowest BCUT2D eigenvalue weighted by molar-refractivity contribution is -0.00642. The van der Waals surface area contributed by atoms with Gasteiger partial charge in [0.2, 0.25) is 0 Å². The molecule has 0 aliphatic rings. The predicted molar refractivity (Wildman–Crippen MR) is 43.9 cm³/mol. The van der Waals surface area contributed by atoms with Crippen LogP contribution in [-0.2, 0) is 0 Å². The third kappa shape index (κ3) is 6.02. The van der Waals surface area contributed by atoms with Crippen LogP contribution in [0.2, 0.25) is 0 Å². The molecule has 0 heterocycles. The normalized spacial score (nSPS) is 12.7. The first-order valence-corrected chi connectivity index (χ1v) is 4.11. The molecule has 0 aliphatic carbocycles. The minimum atomic E-state index is -2.48. The van der Waals surface area contributed by atoms with Crippen molar-refractivity contribution in [3.8, 4) is 0 Å². The predicted octanol–water partition coefficient (Wildman–Crippen LogP) is 3.78. The summed E-state index contributed by atoms with van der Waals surface area (Å²) in [4.78, 5) is 0. The van der Waals surface area contributed by atoms with Gasteiger partial charge >= 0.3 is 0 Å². The molecule has 0 aliphatic heterocycles. The van der Waals surface area contributed by atoms with Gasteiger partial charge in [0.05, 0.1) is 0 Å². The molecule has 0 bridgehead atoms. The summed E-state index contributed by atoms with van der Waals surface area (Å²) in [5, 5.41) is 0. The van der Waals surface area contributed by atoms with Crippen molar-refractivity contribution in [1.29, 1.82) is 0 Å². The van der Waals surface area contributed by atoms with Gasteiger partial charge in [0.25, 0.3) is 5.92 Å². The summed E-state index contributed by atoms with van der Waals surface area (Å²) in [7, 11) is 0. The molecule has 0 amide bonds. The fraction of sp³-hybridized carbons (Fsp3) is 0.778. The van der Waals surface area contributed by atoms with Crippen molar-refractivity contribution < 1.29 is 8.78 Å². The van der Waals surface area contributed by atoms with Crippen LogP contribution in [0.5, 0.6) is 0 Å². The molecule has 0 aromatic heterocycles. The van der Waals surface area contributed by atoms with E-state index in [9.17, 15) is 8.78 Å². The molecule has 0 saturated heterocycles. The highest BCUT2D eigenvalue weighted by molar-refractivity contribution is 4.84. The fourth-order valence-electron chi connectivity index (χ4n) is 0.828. The Morgan fingerprint density at radius 2 is 2.00 bits per heavy atom. The van der Waals surface area contributed by atoms with Gasteiger partial charge in [-0.1, -0.05) is 25.5 Å². The highest BCUT2D eigenvalue weighted by Crippen LogP contribution is 2.25. The fourth-order valence-corrected chi connectivity index (χ4v) is 0.828. The first kappa shape index (κ1) is 10.6. The maximum atomic E-state index is 12.7. The van der Waals surface area contributed by atoms with Gasteiger partial charge in [-0.05, 0) is 13.3 Å². The summed E-state index contributed by atoms with van der Waals surface area (Å²) in [5.74, 6) is -2.48. The molecular weight excluding hydrogens is 146 g/mol. The molecule has 2 heteroatoms. The lowest BCUT2D eigenvalue weighted by Crippen LogP contribution is -2.13. The average Bonchev–Trinajstić information content (AvgIpc) is 1.97. The molecule has 0 N–H and O–H groups in total. The number of rotatable bonds is 5. The van der Waals surface area contributed by atoms with Crippen LogP contribution >= 0.6 is 0 Å². The molecule has 0 unspecified atom stereocenters. The van der Waals surface area contributed by atoms with E-state index in [4.69, 9.17) is 0 Å². The molecule has 0 atom stereocenters. The molecule has 0 aromatic carbocycles. The van der Waals surface area contributed by atoms with E-state index in [1.54, 1.807) is 13.0 Å². The molecule has 11 heavy (non-hydrogen) atoms. The standard InChI is InChI=1S/C9H16F2/c1-3-5-7-9(10,11)8-6-4-2/h3,5H,4,6-8H2,1-2H3/b5-3+. The lowest BCUT2D eigenvalue weighted by atomic mass is 10.1. The molecule has 0 radical (unpaired) electrons. The zero-order valence-electron chi connectivity index (χ0n) is 7.24. The Labute approximate surface area is 67.3 Å². The molecule has 66 valence electrons. The Hall–Kier alpha value is -0.400. The van der Waals surface area contributed by atoms with E-state index in [-0.39, 0.29) is 12.8 Å². The third-order valence-electron chi connectivity index (χ3n) is 1.55. The second-order valence-corrected chi connectivity index (χ2v) is 2.73. The Bertz CT molecular complexity index is 117. The minimum Gasteiger partial charge on any atom is -0.207 e. The van der Waals surface area contributed by atoms with E-state index in [1.165, 1.54) is 6.08 Å². The van der Waals surface area contributed by atoms with Crippen LogP contribution in [0.25, 0.3) is 0 Å². The largest absolute Gasteiger partial charge is 0.251 e. The SMILES string of the molecule is C/C=C/CC(F)(F)CCCC. The van der Waals surface area contributed by atoms with Crippen molar-refractivity contribution in [2.75, 3.05) is 0 Å². The molecule has 0 spiro atoms. The average molecular weight is 162 g/mol. The van der Waals surface area contributed by atoms with Crippen LogP contribution in [0.3, 0.4) is 0 Å². The van der Waals surface area contributed by atoms with Crippen LogP contribution in [0.4, 0.5) is 8.78 Å². The van der Waals surface area contributed by atoms with Crippen molar-refractivity contribution >= 4 is 0 Å². The zero-order chi connectivity index (χ0) is 8.74. The van der Waals surface area contributed by atoms with Crippen molar-refractivity contribution in [3.05, 3.63) is 12.2 Å². The first-order valence-electron chi connectivity index (χ1n) is 4.11. The summed E-state index contributed by atoms with van der Waals surface area (Å²) in [5.41, 5.74) is 0. The number of unbranched alkanes of at least 4 members (excludes halogenated alkanes) is 1. The zero-order valence-corrected chi connectivity index (χ0v) is 7.24. The lowest BCUT2D eigenvalue weighted by Gasteiger charge is -2.12. The maximum Gasteiger partial charge on any atom is 0.251 e. The molecule has 0 aromatic rings. The van der Waals surface area contributed by atoms with Gasteiger partial charge in [0.1, 0.15) is 0 Å². The summed E-state index contributed by atoms with van der Waals surface area (Å²) >= 11 is 0. The van der Waals surface area contributed by atoms with Crippen LogP contribution in [-0.4, -0.2) is 5.92 Å². The third-order valence-corrected chi connectivity index (χ3v) is 1.55. The van der Waals surface area contributed by atoms with E-state index in [0.29, 0.717) is 6.42 Å². The number of allylic oxidation sites excluding steroid dienone is 2. The Balaban J connectivity index is 3.60.